The van der Waals surface area contributed by atoms with E-state index in [-0.39, 0.29) is 24.5 Å². The summed E-state index contributed by atoms with van der Waals surface area (Å²) >= 11 is 0. The summed E-state index contributed by atoms with van der Waals surface area (Å²) in [7, 11) is 0. The molecule has 0 aliphatic rings. The Hall–Kier alpha value is -1.10. The zero-order valence-corrected chi connectivity index (χ0v) is 10.2. The molecular weight excluding hydrogens is 210 g/mol. The monoisotopic (exact) mass is 231 g/mol. The number of nitrogens with one attached hydrogen (secondary N) is 1. The number of carbonyl (C=O) groups excluding carboxylic acids is 1. The summed E-state index contributed by atoms with van der Waals surface area (Å²) in [6, 6.07) is -0.323. The molecule has 0 saturated carbocycles. The summed E-state index contributed by atoms with van der Waals surface area (Å²) in [4.78, 5) is 21.7. The highest BCUT2D eigenvalue weighted by atomic mass is 16.5. The first-order valence-corrected chi connectivity index (χ1v) is 5.54. The molecule has 0 aromatic heterocycles. The molecule has 0 aliphatic carbocycles. The third kappa shape index (κ3) is 9.45. The van der Waals surface area contributed by atoms with Gasteiger partial charge in [-0.15, -0.1) is 0 Å². The lowest BCUT2D eigenvalue weighted by molar-refractivity contribution is -0.137. The number of hydrogen-bond acceptors (Lipinski definition) is 3. The predicted molar refractivity (Wildman–Crippen MR) is 60.2 cm³/mol. The Labute approximate surface area is 96.2 Å². The Kier molecular flexibility index (Phi) is 7.54. The van der Waals surface area contributed by atoms with Crippen molar-refractivity contribution in [1.82, 2.24) is 5.32 Å². The van der Waals surface area contributed by atoms with E-state index in [0.29, 0.717) is 19.4 Å². The van der Waals surface area contributed by atoms with Gasteiger partial charge in [-0.05, 0) is 27.2 Å². The van der Waals surface area contributed by atoms with Crippen molar-refractivity contribution in [3.05, 3.63) is 0 Å². The van der Waals surface area contributed by atoms with E-state index in [9.17, 15) is 9.59 Å². The minimum Gasteiger partial charge on any atom is -0.481 e. The van der Waals surface area contributed by atoms with Gasteiger partial charge in [0.25, 0.3) is 0 Å². The van der Waals surface area contributed by atoms with E-state index in [2.05, 4.69) is 5.32 Å². The van der Waals surface area contributed by atoms with E-state index in [1.165, 1.54) is 0 Å². The first kappa shape index (κ1) is 14.9. The Bertz CT molecular complexity index is 228. The van der Waals surface area contributed by atoms with Gasteiger partial charge in [0.1, 0.15) is 0 Å². The summed E-state index contributed by atoms with van der Waals surface area (Å²) in [5.41, 5.74) is 0. The van der Waals surface area contributed by atoms with E-state index in [0.717, 1.165) is 0 Å². The number of rotatable bonds is 8. The molecule has 2 N–H and O–H groups in total. The van der Waals surface area contributed by atoms with Crippen LogP contribution in [0.2, 0.25) is 0 Å². The van der Waals surface area contributed by atoms with Gasteiger partial charge in [0.05, 0.1) is 12.5 Å². The second kappa shape index (κ2) is 8.10. The minimum absolute atomic E-state index is 0.0474. The molecule has 16 heavy (non-hydrogen) atoms. The van der Waals surface area contributed by atoms with Crippen LogP contribution in [-0.4, -0.2) is 35.7 Å². The first-order valence-electron chi connectivity index (χ1n) is 5.54. The number of carboxylic acid groups (broad SMARTS) is 1. The molecule has 0 fully saturated rings. The summed E-state index contributed by atoms with van der Waals surface area (Å²) in [6.07, 6.45) is 1.16. The molecule has 1 atom stereocenters. The van der Waals surface area contributed by atoms with Gasteiger partial charge < -0.3 is 15.2 Å². The normalized spacial score (nSPS) is 12.5. The SMILES string of the molecule is CC(CC(=O)O)NC(=O)CCCOC(C)C. The average Bonchev–Trinajstić information content (AvgIpc) is 2.10. The fraction of sp³-hybridized carbons (Fsp3) is 0.818. The van der Waals surface area contributed by atoms with Crippen molar-refractivity contribution in [2.45, 2.75) is 52.2 Å². The molecule has 0 aromatic carbocycles. The van der Waals surface area contributed by atoms with Gasteiger partial charge >= 0.3 is 5.97 Å². The number of aliphatic carboxylic acids is 1. The fourth-order valence-electron chi connectivity index (χ4n) is 1.21. The van der Waals surface area contributed by atoms with Crippen molar-refractivity contribution >= 4 is 11.9 Å². The fourth-order valence-corrected chi connectivity index (χ4v) is 1.21. The molecule has 94 valence electrons. The highest BCUT2D eigenvalue weighted by molar-refractivity contribution is 5.77. The largest absolute Gasteiger partial charge is 0.481 e. The lowest BCUT2D eigenvalue weighted by Gasteiger charge is -2.11. The van der Waals surface area contributed by atoms with Gasteiger partial charge in [0.15, 0.2) is 0 Å². The summed E-state index contributed by atoms with van der Waals surface area (Å²) in [6.45, 7) is 6.11. The third-order valence-corrected chi connectivity index (χ3v) is 1.89. The number of carboxylic acids is 1. The highest BCUT2D eigenvalue weighted by Crippen LogP contribution is 1.96. The first-order chi connectivity index (χ1) is 7.41. The van der Waals surface area contributed by atoms with Crippen molar-refractivity contribution in [2.24, 2.45) is 0 Å². The van der Waals surface area contributed by atoms with Gasteiger partial charge in [-0.25, -0.2) is 0 Å². The summed E-state index contributed by atoms with van der Waals surface area (Å²) < 4.78 is 5.29. The second-order valence-electron chi connectivity index (χ2n) is 4.09. The minimum atomic E-state index is -0.907. The molecule has 1 amide bonds. The smallest absolute Gasteiger partial charge is 0.305 e. The van der Waals surface area contributed by atoms with Gasteiger partial charge in [-0.2, -0.15) is 0 Å². The Balaban J connectivity index is 3.54. The van der Waals surface area contributed by atoms with Gasteiger partial charge in [0.2, 0.25) is 5.91 Å². The van der Waals surface area contributed by atoms with Crippen LogP contribution in [0.25, 0.3) is 0 Å². The summed E-state index contributed by atoms with van der Waals surface area (Å²) in [5.74, 6) is -1.03. The molecule has 1 unspecified atom stereocenters. The van der Waals surface area contributed by atoms with E-state index < -0.39 is 5.97 Å². The molecule has 5 heteroatoms. The third-order valence-electron chi connectivity index (χ3n) is 1.89. The predicted octanol–water partition coefficient (Wildman–Crippen LogP) is 1.17. The van der Waals surface area contributed by atoms with Gasteiger partial charge in [-0.3, -0.25) is 9.59 Å². The number of ether oxygens (including phenoxy) is 1. The van der Waals surface area contributed by atoms with Crippen LogP contribution < -0.4 is 5.32 Å². The van der Waals surface area contributed by atoms with Gasteiger partial charge in [0, 0.05) is 19.1 Å². The highest BCUT2D eigenvalue weighted by Gasteiger charge is 2.10. The van der Waals surface area contributed by atoms with Crippen LogP contribution in [0.15, 0.2) is 0 Å². The van der Waals surface area contributed by atoms with Crippen LogP contribution in [0.1, 0.15) is 40.0 Å². The Morgan fingerprint density at radius 1 is 1.31 bits per heavy atom. The zero-order chi connectivity index (χ0) is 12.6. The quantitative estimate of drug-likeness (QED) is 0.615. The van der Waals surface area contributed by atoms with E-state index in [4.69, 9.17) is 9.84 Å². The molecule has 0 aromatic rings. The van der Waals surface area contributed by atoms with Crippen molar-refractivity contribution in [1.29, 1.82) is 0 Å². The lowest BCUT2D eigenvalue weighted by Crippen LogP contribution is -2.34. The second-order valence-corrected chi connectivity index (χ2v) is 4.09. The van der Waals surface area contributed by atoms with E-state index in [1.807, 2.05) is 13.8 Å². The van der Waals surface area contributed by atoms with Crippen molar-refractivity contribution in [3.63, 3.8) is 0 Å². The molecule has 0 radical (unpaired) electrons. The maximum atomic E-state index is 11.3. The van der Waals surface area contributed by atoms with Crippen LogP contribution in [0.5, 0.6) is 0 Å². The molecule has 0 spiro atoms. The molecule has 0 aliphatic heterocycles. The molecule has 0 heterocycles. The van der Waals surface area contributed by atoms with Crippen LogP contribution in [0.4, 0.5) is 0 Å². The van der Waals surface area contributed by atoms with Crippen LogP contribution >= 0.6 is 0 Å². The number of hydrogen-bond donors (Lipinski definition) is 2. The lowest BCUT2D eigenvalue weighted by atomic mass is 10.2. The van der Waals surface area contributed by atoms with Crippen molar-refractivity contribution in [3.8, 4) is 0 Å². The Morgan fingerprint density at radius 2 is 1.94 bits per heavy atom. The van der Waals surface area contributed by atoms with Crippen molar-refractivity contribution in [2.75, 3.05) is 6.61 Å². The molecular formula is C11H21NO4. The molecule has 5 nitrogen and oxygen atoms in total. The van der Waals surface area contributed by atoms with E-state index >= 15 is 0 Å². The number of amides is 1. The average molecular weight is 231 g/mol. The van der Waals surface area contributed by atoms with E-state index in [1.54, 1.807) is 6.92 Å². The van der Waals surface area contributed by atoms with Crippen LogP contribution in [-0.2, 0) is 14.3 Å². The van der Waals surface area contributed by atoms with Gasteiger partial charge in [-0.1, -0.05) is 0 Å². The number of carbonyl (C=O) groups is 2. The van der Waals surface area contributed by atoms with Crippen LogP contribution in [0.3, 0.4) is 0 Å². The molecule has 0 rings (SSSR count). The Morgan fingerprint density at radius 3 is 2.44 bits per heavy atom. The van der Waals surface area contributed by atoms with Crippen molar-refractivity contribution < 1.29 is 19.4 Å². The summed E-state index contributed by atoms with van der Waals surface area (Å²) in [5, 5.41) is 11.1. The molecule has 0 bridgehead atoms. The maximum Gasteiger partial charge on any atom is 0.305 e. The zero-order valence-electron chi connectivity index (χ0n) is 10.2. The molecule has 0 saturated heterocycles. The standard InChI is InChI=1S/C11H21NO4/c1-8(2)16-6-4-5-10(13)12-9(3)7-11(14)15/h8-9H,4-7H2,1-3H3,(H,12,13)(H,14,15). The topological polar surface area (TPSA) is 75.6 Å². The van der Waals surface area contributed by atoms with Crippen LogP contribution in [0, 0.1) is 0 Å². The maximum absolute atomic E-state index is 11.3.